The van der Waals surface area contributed by atoms with E-state index in [-0.39, 0.29) is 28.6 Å². The second-order valence-electron chi connectivity index (χ2n) is 9.75. The van der Waals surface area contributed by atoms with Crippen LogP contribution in [0.4, 0.5) is 16.5 Å². The maximum absolute atomic E-state index is 13.4. The van der Waals surface area contributed by atoms with Crippen LogP contribution in [-0.2, 0) is 9.59 Å². The number of hydrogen-bond donors (Lipinski definition) is 3. The van der Waals surface area contributed by atoms with Gasteiger partial charge in [-0.3, -0.25) is 24.5 Å². The summed E-state index contributed by atoms with van der Waals surface area (Å²) in [6.45, 7) is 0. The van der Waals surface area contributed by atoms with Crippen molar-refractivity contribution in [1.82, 2.24) is 10.3 Å². The summed E-state index contributed by atoms with van der Waals surface area (Å²) in [6.07, 6.45) is 1.26. The number of nitrogens with zero attached hydrogens (tertiary/aromatic N) is 2. The van der Waals surface area contributed by atoms with Crippen molar-refractivity contribution in [3.63, 3.8) is 0 Å². The Morgan fingerprint density at radius 3 is 2.47 bits per heavy atom. The normalized spacial score (nSPS) is 11.0. The highest BCUT2D eigenvalue weighted by Gasteiger charge is 2.19. The van der Waals surface area contributed by atoms with E-state index in [9.17, 15) is 24.5 Å². The number of thiazole rings is 1. The Morgan fingerprint density at radius 1 is 0.936 bits per heavy atom. The van der Waals surface area contributed by atoms with Gasteiger partial charge in [-0.15, -0.1) is 23.1 Å². The van der Waals surface area contributed by atoms with Gasteiger partial charge in [-0.05, 0) is 54.6 Å². The van der Waals surface area contributed by atoms with Crippen LogP contribution in [0, 0.1) is 10.1 Å². The van der Waals surface area contributed by atoms with Crippen LogP contribution in [-0.4, -0.2) is 40.5 Å². The third-order valence-corrected chi connectivity index (χ3v) is 8.31. The first-order chi connectivity index (χ1) is 22.8. The quantitative estimate of drug-likeness (QED) is 0.0565. The Morgan fingerprint density at radius 2 is 1.68 bits per heavy atom. The van der Waals surface area contributed by atoms with Crippen molar-refractivity contribution in [2.75, 3.05) is 23.5 Å². The second kappa shape index (κ2) is 15.5. The lowest BCUT2D eigenvalue weighted by Crippen LogP contribution is -2.30. The molecule has 1 heterocycles. The van der Waals surface area contributed by atoms with Crippen LogP contribution in [0.5, 0.6) is 5.75 Å². The van der Waals surface area contributed by atoms with Crippen LogP contribution in [0.1, 0.15) is 15.9 Å². The largest absolute Gasteiger partial charge is 0.496 e. The van der Waals surface area contributed by atoms with Gasteiger partial charge in [0.1, 0.15) is 11.4 Å². The number of carbonyl (C=O) groups excluding carboxylic acids is 3. The van der Waals surface area contributed by atoms with E-state index in [1.165, 1.54) is 47.4 Å². The number of benzene rings is 4. The summed E-state index contributed by atoms with van der Waals surface area (Å²) in [4.78, 5) is 55.3. The first kappa shape index (κ1) is 32.6. The first-order valence-corrected chi connectivity index (χ1v) is 15.9. The second-order valence-corrected chi connectivity index (χ2v) is 11.7. The lowest BCUT2D eigenvalue weighted by atomic mass is 10.1. The number of amides is 3. The number of nitrogens with one attached hydrogen (secondary N) is 3. The van der Waals surface area contributed by atoms with Gasteiger partial charge in [0.2, 0.25) is 5.91 Å². The standard InChI is InChI=1S/C34H27N5O6S2/c1-45-30-17-8-6-15-26(30)28-20-47-34(37-28)38-31(40)21-46-25-14-9-13-24(19-25)35-33(42)27(36-32(41)22-10-3-2-4-11-22)18-23-12-5-7-16-29(23)39(43)44/h2-20H,21H2,1H3,(H,35,42)(H,36,41)(H,37,38,40)/b27-18+. The van der Waals surface area contributed by atoms with Crippen molar-refractivity contribution in [3.8, 4) is 17.0 Å². The Hall–Kier alpha value is -5.79. The van der Waals surface area contributed by atoms with E-state index in [1.807, 2.05) is 29.6 Å². The van der Waals surface area contributed by atoms with E-state index in [4.69, 9.17) is 4.74 Å². The number of carbonyl (C=O) groups is 3. The van der Waals surface area contributed by atoms with E-state index in [0.717, 1.165) is 5.56 Å². The summed E-state index contributed by atoms with van der Waals surface area (Å²) in [5, 5.41) is 22.0. The number of aromatic nitrogens is 1. The van der Waals surface area contributed by atoms with E-state index >= 15 is 0 Å². The van der Waals surface area contributed by atoms with Crippen LogP contribution >= 0.6 is 23.1 Å². The molecule has 0 saturated heterocycles. The van der Waals surface area contributed by atoms with E-state index < -0.39 is 16.7 Å². The van der Waals surface area contributed by atoms with Gasteiger partial charge in [0.05, 0.1) is 29.0 Å². The molecule has 4 aromatic carbocycles. The van der Waals surface area contributed by atoms with Crippen LogP contribution in [0.15, 0.2) is 119 Å². The SMILES string of the molecule is COc1ccccc1-c1csc(NC(=O)CSc2cccc(NC(=O)/C(=C\c3ccccc3[N+](=O)[O-])NC(=O)c3ccccc3)c2)n1. The lowest BCUT2D eigenvalue weighted by Gasteiger charge is -2.12. The summed E-state index contributed by atoms with van der Waals surface area (Å²) >= 11 is 2.56. The maximum atomic E-state index is 13.4. The molecule has 47 heavy (non-hydrogen) atoms. The molecule has 1 aromatic heterocycles. The molecule has 5 rings (SSSR count). The number of para-hydroxylation sites is 2. The average molecular weight is 666 g/mol. The highest BCUT2D eigenvalue weighted by Crippen LogP contribution is 2.32. The fourth-order valence-electron chi connectivity index (χ4n) is 4.35. The molecule has 0 aliphatic carbocycles. The lowest BCUT2D eigenvalue weighted by molar-refractivity contribution is -0.385. The number of methoxy groups -OCH3 is 1. The third kappa shape index (κ3) is 8.69. The number of ether oxygens (including phenoxy) is 1. The molecule has 0 bridgehead atoms. The van der Waals surface area contributed by atoms with Gasteiger partial charge >= 0.3 is 0 Å². The minimum absolute atomic E-state index is 0.0803. The van der Waals surface area contributed by atoms with Crippen molar-refractivity contribution in [1.29, 1.82) is 0 Å². The Kier molecular flexibility index (Phi) is 10.7. The zero-order valence-electron chi connectivity index (χ0n) is 24.8. The smallest absolute Gasteiger partial charge is 0.276 e. The molecule has 0 fully saturated rings. The van der Waals surface area contributed by atoms with Crippen LogP contribution in [0.3, 0.4) is 0 Å². The molecule has 3 amide bonds. The monoisotopic (exact) mass is 665 g/mol. The maximum Gasteiger partial charge on any atom is 0.276 e. The van der Waals surface area contributed by atoms with E-state index in [0.29, 0.717) is 32.7 Å². The molecule has 236 valence electrons. The number of thioether (sulfide) groups is 1. The Labute approximate surface area is 277 Å². The average Bonchev–Trinajstić information content (AvgIpc) is 3.55. The molecule has 3 N–H and O–H groups in total. The minimum atomic E-state index is -0.693. The highest BCUT2D eigenvalue weighted by atomic mass is 32.2. The molecule has 0 atom stereocenters. The molecule has 11 nitrogen and oxygen atoms in total. The van der Waals surface area contributed by atoms with Crippen molar-refractivity contribution in [2.24, 2.45) is 0 Å². The van der Waals surface area contributed by atoms with Crippen molar-refractivity contribution in [3.05, 3.63) is 135 Å². The molecule has 0 spiro atoms. The number of nitro benzene ring substituents is 1. The Balaban J connectivity index is 1.26. The minimum Gasteiger partial charge on any atom is -0.496 e. The zero-order valence-corrected chi connectivity index (χ0v) is 26.5. The number of anilines is 2. The third-order valence-electron chi connectivity index (χ3n) is 6.56. The summed E-state index contributed by atoms with van der Waals surface area (Å²) < 4.78 is 5.40. The van der Waals surface area contributed by atoms with Gasteiger partial charge in [-0.25, -0.2) is 4.98 Å². The number of nitro groups is 1. The van der Waals surface area contributed by atoms with Crippen molar-refractivity contribution >= 4 is 63.4 Å². The van der Waals surface area contributed by atoms with Crippen molar-refractivity contribution < 1.29 is 24.0 Å². The highest BCUT2D eigenvalue weighted by molar-refractivity contribution is 8.00. The molecule has 0 aliphatic rings. The predicted octanol–water partition coefficient (Wildman–Crippen LogP) is 6.87. The molecule has 13 heteroatoms. The van der Waals surface area contributed by atoms with E-state index in [1.54, 1.807) is 67.8 Å². The van der Waals surface area contributed by atoms with Crippen LogP contribution < -0.4 is 20.7 Å². The molecule has 0 radical (unpaired) electrons. The van der Waals surface area contributed by atoms with Gasteiger partial charge in [-0.2, -0.15) is 0 Å². The summed E-state index contributed by atoms with van der Waals surface area (Å²) in [5.41, 5.74) is 1.93. The summed E-state index contributed by atoms with van der Waals surface area (Å²) in [7, 11) is 1.59. The van der Waals surface area contributed by atoms with Gasteiger partial charge < -0.3 is 20.7 Å². The fourth-order valence-corrected chi connectivity index (χ4v) is 5.83. The van der Waals surface area contributed by atoms with E-state index in [2.05, 4.69) is 20.9 Å². The van der Waals surface area contributed by atoms with Gasteiger partial charge in [0, 0.05) is 33.2 Å². The van der Waals surface area contributed by atoms with Gasteiger partial charge in [-0.1, -0.05) is 48.5 Å². The molecule has 0 unspecified atom stereocenters. The Bertz CT molecular complexity index is 1960. The summed E-state index contributed by atoms with van der Waals surface area (Å²) in [6, 6.07) is 28.5. The van der Waals surface area contributed by atoms with Gasteiger partial charge in [0.15, 0.2) is 5.13 Å². The molecular formula is C34H27N5O6S2. The first-order valence-electron chi connectivity index (χ1n) is 14.0. The molecular weight excluding hydrogens is 639 g/mol. The predicted molar refractivity (Wildman–Crippen MR) is 184 cm³/mol. The summed E-state index contributed by atoms with van der Waals surface area (Å²) in [5.74, 6) is -0.751. The molecule has 5 aromatic rings. The van der Waals surface area contributed by atoms with Crippen LogP contribution in [0.2, 0.25) is 0 Å². The van der Waals surface area contributed by atoms with Crippen molar-refractivity contribution in [2.45, 2.75) is 4.90 Å². The topological polar surface area (TPSA) is 153 Å². The van der Waals surface area contributed by atoms with Gasteiger partial charge in [0.25, 0.3) is 17.5 Å². The van der Waals surface area contributed by atoms with Crippen LogP contribution in [0.25, 0.3) is 17.3 Å². The molecule has 0 saturated carbocycles. The number of rotatable bonds is 12. The molecule has 0 aliphatic heterocycles. The zero-order chi connectivity index (χ0) is 33.2. The number of hydrogen-bond acceptors (Lipinski definition) is 9. The fraction of sp³-hybridized carbons (Fsp3) is 0.0588.